The lowest BCUT2D eigenvalue weighted by Crippen LogP contribution is -2.37. The van der Waals surface area contributed by atoms with Crippen LogP contribution in [0.2, 0.25) is 5.02 Å². The summed E-state index contributed by atoms with van der Waals surface area (Å²) in [5, 5.41) is 3.95. The van der Waals surface area contributed by atoms with Crippen LogP contribution in [0.25, 0.3) is 16.7 Å². The predicted octanol–water partition coefficient (Wildman–Crippen LogP) is 5.70. The number of imidazole rings is 1. The van der Waals surface area contributed by atoms with Gasteiger partial charge in [0.2, 0.25) is 0 Å². The second-order valence-corrected chi connectivity index (χ2v) is 11.0. The highest BCUT2D eigenvalue weighted by molar-refractivity contribution is 9.10. The second kappa shape index (κ2) is 10.6. The summed E-state index contributed by atoms with van der Waals surface area (Å²) in [5.41, 5.74) is 3.82. The van der Waals surface area contributed by atoms with Crippen LogP contribution in [-0.4, -0.2) is 32.4 Å². The molecule has 10 heteroatoms. The zero-order chi connectivity index (χ0) is 28.0. The van der Waals surface area contributed by atoms with Gasteiger partial charge in [-0.2, -0.15) is 0 Å². The van der Waals surface area contributed by atoms with Crippen molar-refractivity contribution in [2.75, 3.05) is 6.54 Å². The van der Waals surface area contributed by atoms with Crippen molar-refractivity contribution in [1.29, 1.82) is 0 Å². The fraction of sp³-hybridized carbons (Fsp3) is 0.167. The molecule has 1 N–H and O–H groups in total. The zero-order valence-electron chi connectivity index (χ0n) is 21.5. The van der Waals surface area contributed by atoms with Gasteiger partial charge in [0.15, 0.2) is 0 Å². The SMILES string of the molecule is Cc1coc2ccc(-n3c(C(=O)NC(=O)c4ccccc4)c4n(c3=O)CCN(Cc3ccc(Br)c(Cl)c3)C4)cc12. The van der Waals surface area contributed by atoms with E-state index in [1.165, 1.54) is 4.57 Å². The van der Waals surface area contributed by atoms with Gasteiger partial charge in [-0.3, -0.25) is 28.9 Å². The third-order valence-corrected chi connectivity index (χ3v) is 8.37. The number of amides is 2. The lowest BCUT2D eigenvalue weighted by molar-refractivity contribution is 0.0843. The topological polar surface area (TPSA) is 89.5 Å². The van der Waals surface area contributed by atoms with Crippen LogP contribution in [-0.2, 0) is 19.6 Å². The fourth-order valence-electron chi connectivity index (χ4n) is 5.12. The molecule has 6 rings (SSSR count). The van der Waals surface area contributed by atoms with Crippen molar-refractivity contribution in [1.82, 2.24) is 19.4 Å². The molecule has 1 aliphatic rings. The van der Waals surface area contributed by atoms with Gasteiger partial charge in [0.25, 0.3) is 11.8 Å². The number of carbonyl (C=O) groups is 2. The highest BCUT2D eigenvalue weighted by atomic mass is 79.9. The Morgan fingerprint density at radius 1 is 1.02 bits per heavy atom. The first kappa shape index (κ1) is 26.3. The maximum Gasteiger partial charge on any atom is 0.333 e. The number of benzene rings is 3. The molecule has 3 aromatic carbocycles. The van der Waals surface area contributed by atoms with Crippen molar-refractivity contribution in [2.45, 2.75) is 26.6 Å². The molecule has 40 heavy (non-hydrogen) atoms. The molecular formula is C30H24BrClN4O4. The van der Waals surface area contributed by atoms with E-state index in [1.54, 1.807) is 53.3 Å². The number of nitrogens with one attached hydrogen (secondary N) is 1. The van der Waals surface area contributed by atoms with Crippen molar-refractivity contribution in [3.05, 3.63) is 121 Å². The summed E-state index contributed by atoms with van der Waals surface area (Å²) in [6.45, 7) is 3.84. The standard InChI is InChI=1S/C30H24BrClN4O4/c1-18-17-40-26-10-8-21(14-22(18)26)36-27(29(38)33-28(37)20-5-3-2-4-6-20)25-16-34(11-12-35(25)30(36)39)15-19-7-9-23(31)24(32)13-19/h2-10,13-14,17H,11-12,15-16H2,1H3,(H,33,37,38). The number of aryl methyl sites for hydroxylation is 1. The number of aromatic nitrogens is 2. The number of imide groups is 1. The largest absolute Gasteiger partial charge is 0.464 e. The summed E-state index contributed by atoms with van der Waals surface area (Å²) in [7, 11) is 0. The molecule has 0 fully saturated rings. The van der Waals surface area contributed by atoms with Gasteiger partial charge in [0.05, 0.1) is 22.7 Å². The van der Waals surface area contributed by atoms with Crippen molar-refractivity contribution in [2.24, 2.45) is 0 Å². The first-order valence-corrected chi connectivity index (χ1v) is 13.9. The van der Waals surface area contributed by atoms with E-state index in [4.69, 9.17) is 16.0 Å². The second-order valence-electron chi connectivity index (χ2n) is 9.77. The van der Waals surface area contributed by atoms with Gasteiger partial charge in [-0.15, -0.1) is 0 Å². The van der Waals surface area contributed by atoms with Crippen LogP contribution >= 0.6 is 27.5 Å². The Labute approximate surface area is 242 Å². The number of rotatable bonds is 5. The van der Waals surface area contributed by atoms with Gasteiger partial charge in [0, 0.05) is 41.6 Å². The summed E-state index contributed by atoms with van der Waals surface area (Å²) >= 11 is 9.73. The number of hydrogen-bond donors (Lipinski definition) is 1. The summed E-state index contributed by atoms with van der Waals surface area (Å²) in [4.78, 5) is 42.7. The first-order chi connectivity index (χ1) is 19.3. The monoisotopic (exact) mass is 618 g/mol. The molecule has 0 radical (unpaired) electrons. The highest BCUT2D eigenvalue weighted by Crippen LogP contribution is 2.27. The zero-order valence-corrected chi connectivity index (χ0v) is 23.8. The van der Waals surface area contributed by atoms with Crippen LogP contribution in [0.1, 0.15) is 37.7 Å². The van der Waals surface area contributed by atoms with E-state index < -0.39 is 11.8 Å². The third-order valence-electron chi connectivity index (χ3n) is 7.14. The minimum absolute atomic E-state index is 0.133. The number of halogens is 2. The third kappa shape index (κ3) is 4.81. The van der Waals surface area contributed by atoms with Crippen molar-refractivity contribution < 1.29 is 14.0 Å². The Hall–Kier alpha value is -3.92. The molecule has 0 atom stereocenters. The normalized spacial score (nSPS) is 13.4. The van der Waals surface area contributed by atoms with Gasteiger partial charge in [-0.25, -0.2) is 4.79 Å². The molecule has 0 bridgehead atoms. The molecule has 3 heterocycles. The molecule has 2 amide bonds. The summed E-state index contributed by atoms with van der Waals surface area (Å²) in [6, 6.07) is 19.6. The summed E-state index contributed by atoms with van der Waals surface area (Å²) < 4.78 is 9.42. The van der Waals surface area contributed by atoms with Gasteiger partial charge in [-0.05, 0) is 76.4 Å². The number of carbonyl (C=O) groups excluding carboxylic acids is 2. The Morgan fingerprint density at radius 3 is 2.60 bits per heavy atom. The molecule has 0 saturated heterocycles. The van der Waals surface area contributed by atoms with E-state index in [2.05, 4.69) is 26.1 Å². The van der Waals surface area contributed by atoms with E-state index in [0.717, 1.165) is 21.0 Å². The molecule has 5 aromatic rings. The lowest BCUT2D eigenvalue weighted by atomic mass is 10.1. The Balaban J connectivity index is 1.42. The number of furan rings is 1. The van der Waals surface area contributed by atoms with Crippen LogP contribution in [0.4, 0.5) is 0 Å². The van der Waals surface area contributed by atoms with Crippen LogP contribution in [0.5, 0.6) is 0 Å². The maximum absolute atomic E-state index is 13.8. The molecule has 0 saturated carbocycles. The molecule has 1 aliphatic heterocycles. The van der Waals surface area contributed by atoms with E-state index in [0.29, 0.717) is 53.7 Å². The molecule has 2 aromatic heterocycles. The number of nitrogens with zero attached hydrogens (tertiary/aromatic N) is 3. The van der Waals surface area contributed by atoms with Gasteiger partial charge in [-0.1, -0.05) is 35.9 Å². The molecular weight excluding hydrogens is 596 g/mol. The summed E-state index contributed by atoms with van der Waals surface area (Å²) in [6.07, 6.45) is 1.65. The average Bonchev–Trinajstić information content (AvgIpc) is 3.47. The predicted molar refractivity (Wildman–Crippen MR) is 156 cm³/mol. The molecule has 0 spiro atoms. The first-order valence-electron chi connectivity index (χ1n) is 12.7. The minimum Gasteiger partial charge on any atom is -0.464 e. The van der Waals surface area contributed by atoms with Gasteiger partial charge >= 0.3 is 5.69 Å². The molecule has 8 nitrogen and oxygen atoms in total. The number of hydrogen-bond acceptors (Lipinski definition) is 5. The van der Waals surface area contributed by atoms with E-state index in [-0.39, 0.29) is 11.4 Å². The van der Waals surface area contributed by atoms with Crippen molar-refractivity contribution in [3.63, 3.8) is 0 Å². The van der Waals surface area contributed by atoms with Crippen molar-refractivity contribution >= 4 is 50.3 Å². The Kier molecular flexibility index (Phi) is 6.95. The summed E-state index contributed by atoms with van der Waals surface area (Å²) in [5.74, 6) is -1.18. The van der Waals surface area contributed by atoms with E-state index in [9.17, 15) is 14.4 Å². The van der Waals surface area contributed by atoms with Crippen LogP contribution < -0.4 is 11.0 Å². The quantitative estimate of drug-likeness (QED) is 0.255. The Morgan fingerprint density at radius 2 is 1.82 bits per heavy atom. The van der Waals surface area contributed by atoms with E-state index >= 15 is 0 Å². The highest BCUT2D eigenvalue weighted by Gasteiger charge is 2.31. The van der Waals surface area contributed by atoms with Crippen LogP contribution in [0.15, 0.2) is 86.7 Å². The van der Waals surface area contributed by atoms with Crippen LogP contribution in [0, 0.1) is 6.92 Å². The number of fused-ring (bicyclic) bond motifs is 2. The molecule has 202 valence electrons. The van der Waals surface area contributed by atoms with Gasteiger partial charge < -0.3 is 4.42 Å². The van der Waals surface area contributed by atoms with Crippen LogP contribution in [0.3, 0.4) is 0 Å². The van der Waals surface area contributed by atoms with Gasteiger partial charge in [0.1, 0.15) is 11.3 Å². The Bertz CT molecular complexity index is 1840. The minimum atomic E-state index is -0.641. The smallest absolute Gasteiger partial charge is 0.333 e. The van der Waals surface area contributed by atoms with Crippen molar-refractivity contribution in [3.8, 4) is 5.69 Å². The molecule has 0 aliphatic carbocycles. The fourth-order valence-corrected chi connectivity index (χ4v) is 5.57. The lowest BCUT2D eigenvalue weighted by Gasteiger charge is -2.28. The average molecular weight is 620 g/mol. The molecule has 0 unspecified atom stereocenters. The maximum atomic E-state index is 13.8. The van der Waals surface area contributed by atoms with E-state index in [1.807, 2.05) is 31.2 Å².